The van der Waals surface area contributed by atoms with Crippen LogP contribution in [0.3, 0.4) is 0 Å². The Morgan fingerprint density at radius 1 is 1.04 bits per heavy atom. The fraction of sp³-hybridized carbons (Fsp3) is 0.455. The van der Waals surface area contributed by atoms with E-state index in [1.807, 2.05) is 38.1 Å². The van der Waals surface area contributed by atoms with Gasteiger partial charge in [0.25, 0.3) is 0 Å². The minimum absolute atomic E-state index is 0.147. The number of rotatable bonds is 8. The molecule has 4 nitrogen and oxygen atoms in total. The molecule has 0 aromatic heterocycles. The Labute approximate surface area is 162 Å². The number of sulfone groups is 1. The summed E-state index contributed by atoms with van der Waals surface area (Å²) in [7, 11) is -3.51. The number of hydrogen-bond donors (Lipinski definition) is 1. The third-order valence-corrected chi connectivity index (χ3v) is 8.10. The van der Waals surface area contributed by atoms with Gasteiger partial charge in [0.1, 0.15) is 0 Å². The van der Waals surface area contributed by atoms with Gasteiger partial charge in [-0.2, -0.15) is 0 Å². The fourth-order valence-electron chi connectivity index (χ4n) is 4.05. The van der Waals surface area contributed by atoms with Crippen LogP contribution in [0.25, 0.3) is 0 Å². The Morgan fingerprint density at radius 2 is 1.67 bits per heavy atom. The normalized spacial score (nSPS) is 24.7. The molecule has 2 N–H and O–H groups in total. The van der Waals surface area contributed by atoms with Crippen LogP contribution in [0, 0.1) is 12.3 Å². The van der Waals surface area contributed by atoms with Gasteiger partial charge in [0.15, 0.2) is 9.84 Å². The van der Waals surface area contributed by atoms with Crippen LogP contribution in [0.2, 0.25) is 0 Å². The van der Waals surface area contributed by atoms with Crippen LogP contribution in [0.1, 0.15) is 36.5 Å². The monoisotopic (exact) mass is 387 g/mol. The Balaban J connectivity index is 2.02. The summed E-state index contributed by atoms with van der Waals surface area (Å²) in [6.07, 6.45) is 0.955. The van der Waals surface area contributed by atoms with E-state index < -0.39 is 20.5 Å². The third kappa shape index (κ3) is 3.56. The van der Waals surface area contributed by atoms with Crippen molar-refractivity contribution >= 4 is 9.84 Å². The first-order chi connectivity index (χ1) is 12.9. The second-order valence-corrected chi connectivity index (χ2v) is 9.50. The van der Waals surface area contributed by atoms with Gasteiger partial charge in [0.05, 0.1) is 16.8 Å². The van der Waals surface area contributed by atoms with Crippen molar-refractivity contribution in [3.05, 3.63) is 65.2 Å². The summed E-state index contributed by atoms with van der Waals surface area (Å²) >= 11 is 0. The summed E-state index contributed by atoms with van der Waals surface area (Å²) in [5.74, 6) is -0.147. The molecular formula is C22H29NO3S. The molecule has 1 saturated carbocycles. The largest absolute Gasteiger partial charge is 0.381 e. The van der Waals surface area contributed by atoms with E-state index in [1.54, 1.807) is 12.1 Å². The molecule has 2 aromatic carbocycles. The van der Waals surface area contributed by atoms with Gasteiger partial charge in [0.2, 0.25) is 0 Å². The molecule has 1 aliphatic carbocycles. The maximum atomic E-state index is 13.4. The Morgan fingerprint density at radius 3 is 2.19 bits per heavy atom. The van der Waals surface area contributed by atoms with Crippen molar-refractivity contribution in [3.8, 4) is 0 Å². The molecule has 0 spiro atoms. The van der Waals surface area contributed by atoms with Gasteiger partial charge in [0, 0.05) is 24.5 Å². The van der Waals surface area contributed by atoms with E-state index >= 15 is 0 Å². The van der Waals surface area contributed by atoms with Gasteiger partial charge in [-0.05, 0) is 43.5 Å². The van der Waals surface area contributed by atoms with Crippen molar-refractivity contribution in [1.29, 1.82) is 0 Å². The van der Waals surface area contributed by atoms with E-state index in [0.717, 1.165) is 17.5 Å². The minimum atomic E-state index is -3.51. The second kappa shape index (κ2) is 7.74. The zero-order valence-corrected chi connectivity index (χ0v) is 17.1. The topological polar surface area (TPSA) is 69.4 Å². The highest BCUT2D eigenvalue weighted by Gasteiger charge is 2.70. The van der Waals surface area contributed by atoms with E-state index in [-0.39, 0.29) is 12.5 Å². The molecule has 5 heteroatoms. The number of ether oxygens (including phenoxy) is 1. The van der Waals surface area contributed by atoms with Gasteiger partial charge >= 0.3 is 0 Å². The van der Waals surface area contributed by atoms with Crippen molar-refractivity contribution in [1.82, 2.24) is 0 Å². The SMILES string of the molecule is CCOCC1(CN)C(c2ccc(CC)cc2)C1S(=O)(=O)c1ccc(C)cc1. The summed E-state index contributed by atoms with van der Waals surface area (Å²) in [5.41, 5.74) is 8.86. The van der Waals surface area contributed by atoms with E-state index in [2.05, 4.69) is 19.1 Å². The smallest absolute Gasteiger partial charge is 0.182 e. The third-order valence-electron chi connectivity index (χ3n) is 5.77. The lowest BCUT2D eigenvalue weighted by molar-refractivity contribution is 0.101. The molecule has 0 bridgehead atoms. The molecule has 1 fully saturated rings. The van der Waals surface area contributed by atoms with Crippen LogP contribution < -0.4 is 5.73 Å². The van der Waals surface area contributed by atoms with Crippen LogP contribution in [-0.4, -0.2) is 33.4 Å². The molecule has 0 heterocycles. The minimum Gasteiger partial charge on any atom is -0.381 e. The average Bonchev–Trinajstić information content (AvgIpc) is 3.37. The lowest BCUT2D eigenvalue weighted by Gasteiger charge is -2.16. The predicted molar refractivity (Wildman–Crippen MR) is 109 cm³/mol. The van der Waals surface area contributed by atoms with Gasteiger partial charge in [-0.3, -0.25) is 0 Å². The quantitative estimate of drug-likeness (QED) is 0.753. The first-order valence-electron chi connectivity index (χ1n) is 9.58. The number of benzene rings is 2. The first kappa shape index (κ1) is 20.1. The molecule has 0 amide bonds. The van der Waals surface area contributed by atoms with E-state index in [1.165, 1.54) is 5.56 Å². The summed E-state index contributed by atoms with van der Waals surface area (Å²) < 4.78 is 32.6. The van der Waals surface area contributed by atoms with Gasteiger partial charge in [-0.1, -0.05) is 48.9 Å². The lowest BCUT2D eigenvalue weighted by atomic mass is 9.99. The molecule has 0 aliphatic heterocycles. The number of aryl methyl sites for hydroxylation is 2. The maximum Gasteiger partial charge on any atom is 0.182 e. The highest BCUT2D eigenvalue weighted by atomic mass is 32.2. The zero-order valence-electron chi connectivity index (χ0n) is 16.3. The van der Waals surface area contributed by atoms with Crippen molar-refractivity contribution in [3.63, 3.8) is 0 Å². The fourth-order valence-corrected chi connectivity index (χ4v) is 6.49. The highest BCUT2D eigenvalue weighted by Crippen LogP contribution is 2.63. The molecule has 146 valence electrons. The molecule has 1 aliphatic rings. The van der Waals surface area contributed by atoms with Crippen LogP contribution >= 0.6 is 0 Å². The Bertz CT molecular complexity index is 875. The van der Waals surface area contributed by atoms with Crippen LogP contribution in [0.15, 0.2) is 53.4 Å². The molecule has 2 aromatic rings. The highest BCUT2D eigenvalue weighted by molar-refractivity contribution is 7.92. The van der Waals surface area contributed by atoms with Gasteiger partial charge in [-0.15, -0.1) is 0 Å². The van der Waals surface area contributed by atoms with Gasteiger partial charge < -0.3 is 10.5 Å². The second-order valence-electron chi connectivity index (χ2n) is 7.43. The zero-order chi connectivity index (χ0) is 19.7. The van der Waals surface area contributed by atoms with Crippen LogP contribution in [-0.2, 0) is 21.0 Å². The van der Waals surface area contributed by atoms with E-state index in [9.17, 15) is 8.42 Å². The molecule has 3 unspecified atom stereocenters. The summed E-state index contributed by atoms with van der Waals surface area (Å²) in [5, 5.41) is -0.559. The van der Waals surface area contributed by atoms with E-state index in [0.29, 0.717) is 18.1 Å². The number of hydrogen-bond acceptors (Lipinski definition) is 4. The van der Waals surface area contributed by atoms with Crippen molar-refractivity contribution in [2.24, 2.45) is 11.1 Å². The molecular weight excluding hydrogens is 358 g/mol. The molecule has 0 radical (unpaired) electrons. The van der Waals surface area contributed by atoms with Gasteiger partial charge in [-0.25, -0.2) is 8.42 Å². The summed E-state index contributed by atoms with van der Waals surface area (Å²) in [6, 6.07) is 15.3. The van der Waals surface area contributed by atoms with Crippen LogP contribution in [0.5, 0.6) is 0 Å². The molecule has 3 rings (SSSR count). The summed E-state index contributed by atoms with van der Waals surface area (Å²) in [6.45, 7) is 7.15. The average molecular weight is 388 g/mol. The predicted octanol–water partition coefficient (Wildman–Crippen LogP) is 3.48. The Kier molecular flexibility index (Phi) is 5.75. The van der Waals surface area contributed by atoms with Crippen molar-refractivity contribution in [2.75, 3.05) is 19.8 Å². The number of nitrogens with two attached hydrogens (primary N) is 1. The van der Waals surface area contributed by atoms with E-state index in [4.69, 9.17) is 10.5 Å². The lowest BCUT2D eigenvalue weighted by Crippen LogP contribution is -2.29. The maximum absolute atomic E-state index is 13.4. The molecule has 27 heavy (non-hydrogen) atoms. The first-order valence-corrected chi connectivity index (χ1v) is 11.1. The molecule has 0 saturated heterocycles. The van der Waals surface area contributed by atoms with Crippen LogP contribution in [0.4, 0.5) is 0 Å². The molecule has 3 atom stereocenters. The standard InChI is InChI=1S/C22H29NO3S/c1-4-17-8-10-18(11-9-17)20-21(22(20,14-23)15-26-5-2)27(24,25)19-12-6-16(3)7-13-19/h6-13,20-21H,4-5,14-15,23H2,1-3H3. The van der Waals surface area contributed by atoms with Crippen molar-refractivity contribution < 1.29 is 13.2 Å². The Hall–Kier alpha value is -1.69. The summed E-state index contributed by atoms with van der Waals surface area (Å²) in [4.78, 5) is 0.361. The van der Waals surface area contributed by atoms with Crippen molar-refractivity contribution in [2.45, 2.75) is 43.3 Å².